The lowest BCUT2D eigenvalue weighted by Gasteiger charge is -2.15. The number of hydrogen-bond acceptors (Lipinski definition) is 5. The molecule has 0 saturated heterocycles. The lowest BCUT2D eigenvalue weighted by Crippen LogP contribution is -2.43. The fourth-order valence-corrected chi connectivity index (χ4v) is 1.31. The molecule has 1 atom stereocenters. The zero-order valence-corrected chi connectivity index (χ0v) is 10.6. The van der Waals surface area contributed by atoms with E-state index in [1.54, 1.807) is 7.05 Å². The molecular formula is C11H22N2O5. The topological polar surface area (TPSA) is 108 Å². The van der Waals surface area contributed by atoms with Gasteiger partial charge in [-0.25, -0.2) is 0 Å². The van der Waals surface area contributed by atoms with Crippen LogP contribution < -0.4 is 10.6 Å². The van der Waals surface area contributed by atoms with E-state index in [0.717, 1.165) is 0 Å². The third-order valence-corrected chi connectivity index (χ3v) is 2.30. The summed E-state index contributed by atoms with van der Waals surface area (Å²) in [4.78, 5) is 22.0. The number of amides is 1. The van der Waals surface area contributed by atoms with Gasteiger partial charge in [0.1, 0.15) is 0 Å². The number of carbonyl (C=O) groups excluding carboxylic acids is 1. The number of rotatable bonds is 11. The number of likely N-dealkylation sites (N-methyl/N-ethyl adjacent to an activating group) is 1. The number of hydrogen-bond donors (Lipinski definition) is 4. The molecule has 106 valence electrons. The summed E-state index contributed by atoms with van der Waals surface area (Å²) in [6.07, 6.45) is 0.778. The summed E-state index contributed by atoms with van der Waals surface area (Å²) >= 11 is 0. The zero-order valence-electron chi connectivity index (χ0n) is 10.6. The van der Waals surface area contributed by atoms with E-state index in [2.05, 4.69) is 10.6 Å². The Morgan fingerprint density at radius 2 is 2.06 bits per heavy atom. The van der Waals surface area contributed by atoms with Crippen molar-refractivity contribution in [2.24, 2.45) is 0 Å². The smallest absolute Gasteiger partial charge is 0.303 e. The minimum Gasteiger partial charge on any atom is -0.481 e. The molecule has 1 unspecified atom stereocenters. The van der Waals surface area contributed by atoms with Crippen LogP contribution in [0.25, 0.3) is 0 Å². The zero-order chi connectivity index (χ0) is 13.8. The molecule has 0 rings (SSSR count). The molecule has 0 aromatic rings. The SMILES string of the molecule is CNC(CCC(=O)O)C(=O)NCCOCCCO. The first kappa shape index (κ1) is 16.8. The number of aliphatic carboxylic acids is 1. The quantitative estimate of drug-likeness (QED) is 0.354. The minimum absolute atomic E-state index is 0.0497. The number of nitrogens with one attached hydrogen (secondary N) is 2. The third-order valence-electron chi connectivity index (χ3n) is 2.30. The molecule has 0 radical (unpaired) electrons. The normalized spacial score (nSPS) is 12.1. The largest absolute Gasteiger partial charge is 0.481 e. The molecule has 0 heterocycles. The van der Waals surface area contributed by atoms with Gasteiger partial charge in [-0.15, -0.1) is 0 Å². The van der Waals surface area contributed by atoms with Gasteiger partial charge in [-0.3, -0.25) is 9.59 Å². The molecule has 18 heavy (non-hydrogen) atoms. The number of carboxylic acid groups (broad SMARTS) is 1. The number of aliphatic hydroxyl groups excluding tert-OH is 1. The van der Waals surface area contributed by atoms with Gasteiger partial charge in [0.05, 0.1) is 12.6 Å². The predicted octanol–water partition coefficient (Wildman–Crippen LogP) is -1.05. The Labute approximate surface area is 107 Å². The molecule has 0 aliphatic carbocycles. The predicted molar refractivity (Wildman–Crippen MR) is 65.2 cm³/mol. The first-order valence-electron chi connectivity index (χ1n) is 5.97. The Morgan fingerprint density at radius 1 is 1.33 bits per heavy atom. The van der Waals surface area contributed by atoms with E-state index in [-0.39, 0.29) is 25.4 Å². The second kappa shape index (κ2) is 10.9. The second-order valence-corrected chi connectivity index (χ2v) is 3.75. The van der Waals surface area contributed by atoms with E-state index < -0.39 is 12.0 Å². The number of carboxylic acids is 1. The summed E-state index contributed by atoms with van der Waals surface area (Å²) in [6, 6.07) is -0.501. The maximum Gasteiger partial charge on any atom is 0.303 e. The second-order valence-electron chi connectivity index (χ2n) is 3.75. The Morgan fingerprint density at radius 3 is 2.61 bits per heavy atom. The number of carbonyl (C=O) groups is 2. The summed E-state index contributed by atoms with van der Waals surface area (Å²) in [6.45, 7) is 1.29. The van der Waals surface area contributed by atoms with Crippen molar-refractivity contribution >= 4 is 11.9 Å². The van der Waals surface area contributed by atoms with Crippen LogP contribution in [0.15, 0.2) is 0 Å². The first-order valence-corrected chi connectivity index (χ1v) is 5.97. The van der Waals surface area contributed by atoms with Crippen LogP contribution in [0.4, 0.5) is 0 Å². The van der Waals surface area contributed by atoms with Crippen molar-refractivity contribution < 1.29 is 24.5 Å². The van der Waals surface area contributed by atoms with Gasteiger partial charge in [0, 0.05) is 26.2 Å². The molecule has 0 aromatic carbocycles. The maximum atomic E-state index is 11.6. The van der Waals surface area contributed by atoms with Gasteiger partial charge in [-0.05, 0) is 19.9 Å². The van der Waals surface area contributed by atoms with Crippen LogP contribution >= 0.6 is 0 Å². The lowest BCUT2D eigenvalue weighted by molar-refractivity contribution is -0.137. The molecule has 4 N–H and O–H groups in total. The van der Waals surface area contributed by atoms with E-state index >= 15 is 0 Å². The minimum atomic E-state index is -0.921. The van der Waals surface area contributed by atoms with Crippen LogP contribution in [0.3, 0.4) is 0 Å². The van der Waals surface area contributed by atoms with Gasteiger partial charge in [0.2, 0.25) is 5.91 Å². The van der Waals surface area contributed by atoms with Crippen molar-refractivity contribution in [1.82, 2.24) is 10.6 Å². The highest BCUT2D eigenvalue weighted by atomic mass is 16.5. The Balaban J connectivity index is 3.66. The highest BCUT2D eigenvalue weighted by Crippen LogP contribution is 1.97. The van der Waals surface area contributed by atoms with Gasteiger partial charge >= 0.3 is 5.97 Å². The highest BCUT2D eigenvalue weighted by molar-refractivity contribution is 5.82. The average molecular weight is 262 g/mol. The van der Waals surface area contributed by atoms with Crippen molar-refractivity contribution in [1.29, 1.82) is 0 Å². The summed E-state index contributed by atoms with van der Waals surface area (Å²) in [5.41, 5.74) is 0. The fourth-order valence-electron chi connectivity index (χ4n) is 1.31. The summed E-state index contributed by atoms with van der Waals surface area (Å²) in [5, 5.41) is 22.5. The summed E-state index contributed by atoms with van der Waals surface area (Å²) < 4.78 is 5.15. The van der Waals surface area contributed by atoms with Crippen LogP contribution in [-0.2, 0) is 14.3 Å². The molecule has 7 heteroatoms. The van der Waals surface area contributed by atoms with E-state index in [1.807, 2.05) is 0 Å². The summed E-state index contributed by atoms with van der Waals surface area (Å²) in [7, 11) is 1.61. The van der Waals surface area contributed by atoms with E-state index in [0.29, 0.717) is 26.2 Å². The monoisotopic (exact) mass is 262 g/mol. The molecule has 0 aliphatic heterocycles. The van der Waals surface area contributed by atoms with Crippen LogP contribution in [0, 0.1) is 0 Å². The van der Waals surface area contributed by atoms with Crippen molar-refractivity contribution in [3.05, 3.63) is 0 Å². The fraction of sp³-hybridized carbons (Fsp3) is 0.818. The van der Waals surface area contributed by atoms with E-state index in [4.69, 9.17) is 14.9 Å². The van der Waals surface area contributed by atoms with Gasteiger partial charge in [-0.2, -0.15) is 0 Å². The number of ether oxygens (including phenoxy) is 1. The molecule has 0 aliphatic rings. The Kier molecular flexibility index (Phi) is 10.2. The molecule has 1 amide bonds. The van der Waals surface area contributed by atoms with Crippen LogP contribution in [0.2, 0.25) is 0 Å². The van der Waals surface area contributed by atoms with Crippen LogP contribution in [-0.4, -0.2) is 61.5 Å². The van der Waals surface area contributed by atoms with Crippen LogP contribution in [0.5, 0.6) is 0 Å². The van der Waals surface area contributed by atoms with Crippen LogP contribution in [0.1, 0.15) is 19.3 Å². The van der Waals surface area contributed by atoms with E-state index in [1.165, 1.54) is 0 Å². The third kappa shape index (κ3) is 8.91. The molecule has 0 bridgehead atoms. The molecule has 0 aromatic heterocycles. The lowest BCUT2D eigenvalue weighted by atomic mass is 10.1. The first-order chi connectivity index (χ1) is 8.61. The average Bonchev–Trinajstić information content (AvgIpc) is 2.34. The maximum absolute atomic E-state index is 11.6. The Hall–Kier alpha value is -1.18. The number of aliphatic hydroxyl groups is 1. The van der Waals surface area contributed by atoms with Crippen molar-refractivity contribution in [3.8, 4) is 0 Å². The Bertz CT molecular complexity index is 248. The molecule has 0 saturated carbocycles. The molecule has 7 nitrogen and oxygen atoms in total. The van der Waals surface area contributed by atoms with Crippen molar-refractivity contribution in [2.45, 2.75) is 25.3 Å². The van der Waals surface area contributed by atoms with Gasteiger partial charge in [-0.1, -0.05) is 0 Å². The molecule has 0 spiro atoms. The standard InChI is InChI=1S/C11H22N2O5/c1-12-9(3-4-10(15)16)11(17)13-5-8-18-7-2-6-14/h9,12,14H,2-8H2,1H3,(H,13,17)(H,15,16). The van der Waals surface area contributed by atoms with Gasteiger partial charge in [0.25, 0.3) is 0 Å². The summed E-state index contributed by atoms with van der Waals surface area (Å²) in [5.74, 6) is -1.15. The highest BCUT2D eigenvalue weighted by Gasteiger charge is 2.16. The van der Waals surface area contributed by atoms with Crippen molar-refractivity contribution in [3.63, 3.8) is 0 Å². The van der Waals surface area contributed by atoms with Gasteiger partial charge in [0.15, 0.2) is 0 Å². The van der Waals surface area contributed by atoms with Gasteiger partial charge < -0.3 is 25.6 Å². The molecule has 0 fully saturated rings. The van der Waals surface area contributed by atoms with E-state index in [9.17, 15) is 9.59 Å². The molecular weight excluding hydrogens is 240 g/mol. The van der Waals surface area contributed by atoms with Crippen molar-refractivity contribution in [2.75, 3.05) is 33.4 Å².